The van der Waals surface area contributed by atoms with Crippen LogP contribution in [0.5, 0.6) is 0 Å². The molecule has 1 atom stereocenters. The molecule has 3 heterocycles. The van der Waals surface area contributed by atoms with E-state index in [1.807, 2.05) is 31.4 Å². The minimum absolute atomic E-state index is 0.0246. The summed E-state index contributed by atoms with van der Waals surface area (Å²) < 4.78 is 104. The Bertz CT molecular complexity index is 2480. The van der Waals surface area contributed by atoms with Crippen LogP contribution in [0.4, 0.5) is 11.4 Å². The number of fused-ring (bicyclic) bond motifs is 2. The third kappa shape index (κ3) is 10.1. The molecule has 20 heteroatoms. The van der Waals surface area contributed by atoms with Gasteiger partial charge in [0.1, 0.15) is 6.54 Å². The number of halogens is 1. The van der Waals surface area contributed by atoms with Crippen molar-refractivity contribution in [2.24, 2.45) is 0 Å². The first kappa shape index (κ1) is 44.9. The number of rotatable bonds is 17. The number of anilines is 1. The van der Waals surface area contributed by atoms with E-state index in [2.05, 4.69) is 5.32 Å². The maximum Gasteiger partial charge on any atom is 0.333 e. The summed E-state index contributed by atoms with van der Waals surface area (Å²) in [6, 6.07) is 6.75. The Morgan fingerprint density at radius 2 is 1.55 bits per heavy atom. The van der Waals surface area contributed by atoms with Crippen LogP contribution >= 0.6 is 11.6 Å². The minimum Gasteiger partial charge on any atom is -0.748 e. The number of carbonyl (C=O) groups is 3. The van der Waals surface area contributed by atoms with E-state index in [1.54, 1.807) is 30.4 Å². The number of nitrogens with zero attached hydrogens (tertiary/aromatic N) is 2. The van der Waals surface area contributed by atoms with Crippen molar-refractivity contribution < 1.29 is 62.7 Å². The molecular formula is C38H44ClN3O13S3. The minimum atomic E-state index is -4.60. The lowest BCUT2D eigenvalue weighted by molar-refractivity contribution is -0.438. The van der Waals surface area contributed by atoms with Gasteiger partial charge in [0.25, 0.3) is 32.1 Å². The third-order valence-electron chi connectivity index (χ3n) is 10.5. The number of hydrogen-bond acceptors (Lipinski definition) is 12. The molecule has 2 aromatic carbocycles. The van der Waals surface area contributed by atoms with Crippen molar-refractivity contribution >= 4 is 76.8 Å². The highest BCUT2D eigenvalue weighted by Gasteiger charge is 2.48. The number of allylic oxidation sites excluding steroid dienone is 6. The molecule has 1 fully saturated rings. The molecule has 3 N–H and O–H groups in total. The van der Waals surface area contributed by atoms with Crippen molar-refractivity contribution in [2.75, 3.05) is 17.6 Å². The molecule has 3 aliphatic heterocycles. The van der Waals surface area contributed by atoms with Crippen molar-refractivity contribution in [3.63, 3.8) is 0 Å². The number of hydrogen-bond donors (Lipinski definition) is 3. The number of carbonyl (C=O) groups excluding carboxylic acids is 3. The Morgan fingerprint density at radius 1 is 0.897 bits per heavy atom. The molecule has 1 unspecified atom stereocenters. The second-order valence-electron chi connectivity index (χ2n) is 15.0. The van der Waals surface area contributed by atoms with Crippen molar-refractivity contribution in [3.8, 4) is 0 Å². The second-order valence-corrected chi connectivity index (χ2v) is 19.7. The lowest BCUT2D eigenvalue weighted by Gasteiger charge is -2.23. The average Bonchev–Trinajstić information content (AvgIpc) is 3.66. The molecular weight excluding hydrogens is 838 g/mol. The Labute approximate surface area is 342 Å². The summed E-state index contributed by atoms with van der Waals surface area (Å²) in [4.78, 5) is 40.3. The zero-order valence-electron chi connectivity index (χ0n) is 31.9. The van der Waals surface area contributed by atoms with Gasteiger partial charge in [-0.05, 0) is 62.1 Å². The van der Waals surface area contributed by atoms with Gasteiger partial charge in [-0.15, -0.1) is 5.06 Å². The fourth-order valence-corrected chi connectivity index (χ4v) is 9.30. The van der Waals surface area contributed by atoms with Crippen molar-refractivity contribution in [3.05, 3.63) is 82.6 Å². The Morgan fingerprint density at radius 3 is 2.19 bits per heavy atom. The van der Waals surface area contributed by atoms with Crippen LogP contribution in [0.1, 0.15) is 89.7 Å². The maximum absolute atomic E-state index is 12.4. The predicted molar refractivity (Wildman–Crippen MR) is 212 cm³/mol. The van der Waals surface area contributed by atoms with Crippen LogP contribution < -0.4 is 5.32 Å². The number of unbranched alkanes of at least 4 members (excludes halogenated alkanes) is 3. The molecule has 5 rings (SSSR count). The van der Waals surface area contributed by atoms with Crippen LogP contribution in [0.25, 0.3) is 0 Å². The normalized spacial score (nSPS) is 20.1. The van der Waals surface area contributed by atoms with E-state index in [9.17, 15) is 53.3 Å². The Balaban J connectivity index is 1.42. The van der Waals surface area contributed by atoms with Gasteiger partial charge in [-0.25, -0.2) is 13.2 Å². The summed E-state index contributed by atoms with van der Waals surface area (Å²) in [5.74, 6) is -2.45. The Hall–Kier alpha value is -4.24. The second kappa shape index (κ2) is 17.2. The van der Waals surface area contributed by atoms with Crippen LogP contribution in [0.15, 0.2) is 76.2 Å². The molecule has 0 aliphatic carbocycles. The van der Waals surface area contributed by atoms with E-state index in [-0.39, 0.29) is 47.0 Å². The molecule has 0 saturated carbocycles. The number of imide groups is 1. The first-order valence-electron chi connectivity index (χ1n) is 18.3. The smallest absolute Gasteiger partial charge is 0.333 e. The van der Waals surface area contributed by atoms with Gasteiger partial charge in [0.15, 0.2) is 5.71 Å². The van der Waals surface area contributed by atoms with E-state index in [4.69, 9.17) is 16.4 Å². The summed E-state index contributed by atoms with van der Waals surface area (Å²) in [5.41, 5.74) is 2.04. The summed E-state index contributed by atoms with van der Waals surface area (Å²) in [6.07, 6.45) is 10.9. The van der Waals surface area contributed by atoms with Crippen LogP contribution in [0, 0.1) is 0 Å². The van der Waals surface area contributed by atoms with Gasteiger partial charge in [0.2, 0.25) is 5.69 Å². The van der Waals surface area contributed by atoms with Gasteiger partial charge in [-0.1, -0.05) is 56.5 Å². The van der Waals surface area contributed by atoms with E-state index >= 15 is 0 Å². The maximum atomic E-state index is 12.4. The first-order chi connectivity index (χ1) is 26.9. The van der Waals surface area contributed by atoms with E-state index in [0.717, 1.165) is 6.07 Å². The fraction of sp³-hybridized carbons (Fsp3) is 0.421. The highest BCUT2D eigenvalue weighted by atomic mass is 35.5. The van der Waals surface area contributed by atoms with Gasteiger partial charge in [0.05, 0.1) is 36.0 Å². The molecule has 3 aliphatic rings. The first-order valence-corrected chi connectivity index (χ1v) is 23.2. The topological polar surface area (TPSA) is 245 Å². The van der Waals surface area contributed by atoms with Crippen molar-refractivity contribution in [1.82, 2.24) is 5.06 Å². The van der Waals surface area contributed by atoms with Gasteiger partial charge in [-0.2, -0.15) is 21.4 Å². The molecule has 0 bridgehead atoms. The predicted octanol–water partition coefficient (Wildman–Crippen LogP) is 5.47. The van der Waals surface area contributed by atoms with Gasteiger partial charge >= 0.3 is 5.97 Å². The van der Waals surface area contributed by atoms with Crippen LogP contribution in [0.2, 0.25) is 5.02 Å². The van der Waals surface area contributed by atoms with Crippen LogP contribution in [-0.4, -0.2) is 84.3 Å². The highest BCUT2D eigenvalue weighted by molar-refractivity contribution is 7.86. The van der Waals surface area contributed by atoms with Crippen molar-refractivity contribution in [2.45, 2.75) is 99.2 Å². The average molecular weight is 882 g/mol. The van der Waals surface area contributed by atoms with Crippen LogP contribution in [0.3, 0.4) is 0 Å². The van der Waals surface area contributed by atoms with Gasteiger partial charge < -0.3 is 14.7 Å². The Kier molecular flexibility index (Phi) is 13.3. The molecule has 2 amide bonds. The zero-order valence-corrected chi connectivity index (χ0v) is 35.1. The van der Waals surface area contributed by atoms with Gasteiger partial charge in [-0.3, -0.25) is 18.7 Å². The molecule has 0 radical (unpaired) electrons. The van der Waals surface area contributed by atoms with Crippen molar-refractivity contribution in [1.29, 1.82) is 0 Å². The lowest BCUT2D eigenvalue weighted by Crippen LogP contribution is -2.32. The number of hydroxylamine groups is 2. The fourth-order valence-electron chi connectivity index (χ4n) is 7.37. The zero-order chi connectivity index (χ0) is 42.8. The summed E-state index contributed by atoms with van der Waals surface area (Å²) >= 11 is 6.38. The molecule has 0 spiro atoms. The van der Waals surface area contributed by atoms with E-state index < -0.39 is 64.7 Å². The molecule has 58 heavy (non-hydrogen) atoms. The summed E-state index contributed by atoms with van der Waals surface area (Å²) in [6.45, 7) is 5.88. The largest absolute Gasteiger partial charge is 0.748 e. The van der Waals surface area contributed by atoms with Gasteiger partial charge in [0, 0.05) is 60.3 Å². The number of benzene rings is 2. The quantitative estimate of drug-likeness (QED) is 0.0587. The molecule has 0 aromatic heterocycles. The molecule has 2 aromatic rings. The lowest BCUT2D eigenvalue weighted by atomic mass is 9.75. The molecule has 16 nitrogen and oxygen atoms in total. The number of amides is 2. The number of nitrogens with one attached hydrogen (secondary N) is 1. The molecule has 1 saturated heterocycles. The standard InChI is InChI=1S/C38H44ClN3O13S3/c1-37(2)28-23-26(58(52,53)54)24-29(39)36(28)40-31(37)12-6-4-7-13-32-38(3,19-9-5-8-14-35(45)55-42-33(43)17-18-34(42)44)27-22-25(57(49,50)51)15-16-30(27)41(32)20-10-11-21-56(46,47)48/h4,6-7,12-13,15-16,22-24H,5,8-11,14,17-21H2,1-3H3,(H3,46,47,48,49,50,51,52,53,54). The monoisotopic (exact) mass is 881 g/mol. The van der Waals surface area contributed by atoms with E-state index in [0.29, 0.717) is 71.1 Å². The summed E-state index contributed by atoms with van der Waals surface area (Å²) in [7, 11) is -13.6. The summed E-state index contributed by atoms with van der Waals surface area (Å²) in [5, 5.41) is 3.83. The molecule has 314 valence electrons. The third-order valence-corrected chi connectivity index (χ3v) is 13.3. The SMILES string of the molecule is CC1(CCCCCC(=O)ON2C(=O)CCC2=O)C(/C=C/C=C/C=C2/Nc3c(Cl)cc(S(=O)(=O)O)cc3C2(C)C)=[N+](CCCCS(=O)(=O)[O-])c2ccc(S(=O)(=O)O)cc21. The van der Waals surface area contributed by atoms with Crippen LogP contribution in [-0.2, 0) is 60.4 Å². The highest BCUT2D eigenvalue weighted by Crippen LogP contribution is 2.48. The van der Waals surface area contributed by atoms with E-state index in [1.165, 1.54) is 18.2 Å².